The number of hydrogen-bond donors (Lipinski definition) is 3. The number of fused-ring (bicyclic) bond motifs is 1. The van der Waals surface area contributed by atoms with Gasteiger partial charge in [0.05, 0.1) is 17.1 Å². The van der Waals surface area contributed by atoms with Gasteiger partial charge in [-0.15, -0.1) is 0 Å². The highest BCUT2D eigenvalue weighted by molar-refractivity contribution is 5.86. The molecule has 7 nitrogen and oxygen atoms in total. The Morgan fingerprint density at radius 1 is 1.06 bits per heavy atom. The Labute approximate surface area is 208 Å². The van der Waals surface area contributed by atoms with Crippen LogP contribution < -0.4 is 10.3 Å². The maximum Gasteiger partial charge on any atom is 0.254 e. The van der Waals surface area contributed by atoms with Crippen molar-refractivity contribution in [1.82, 2.24) is 9.47 Å². The first-order valence-corrected chi connectivity index (χ1v) is 13.2. The van der Waals surface area contributed by atoms with Crippen LogP contribution in [0.15, 0.2) is 47.3 Å². The van der Waals surface area contributed by atoms with E-state index in [0.29, 0.717) is 35.8 Å². The first-order chi connectivity index (χ1) is 17.4. The van der Waals surface area contributed by atoms with Crippen molar-refractivity contribution in [2.45, 2.75) is 67.7 Å². The zero-order valence-corrected chi connectivity index (χ0v) is 20.1. The van der Waals surface area contributed by atoms with E-state index in [9.17, 15) is 20.1 Å². The van der Waals surface area contributed by atoms with Gasteiger partial charge < -0.3 is 20.1 Å². The maximum atomic E-state index is 13.4. The summed E-state index contributed by atoms with van der Waals surface area (Å²) in [7, 11) is 0. The minimum atomic E-state index is -1.02. The highest BCUT2D eigenvalue weighted by Crippen LogP contribution is 2.67. The van der Waals surface area contributed by atoms with Crippen molar-refractivity contribution in [3.05, 3.63) is 63.9 Å². The summed E-state index contributed by atoms with van der Waals surface area (Å²) in [6, 6.07) is 12.1. The van der Waals surface area contributed by atoms with Crippen molar-refractivity contribution in [1.29, 1.82) is 0 Å². The molecule has 2 aromatic carbocycles. The molecule has 3 fully saturated rings. The molecule has 3 aliphatic carbocycles. The van der Waals surface area contributed by atoms with Crippen LogP contribution in [0.3, 0.4) is 0 Å². The van der Waals surface area contributed by atoms with E-state index in [0.717, 1.165) is 36.6 Å². The average molecular weight is 487 g/mol. The van der Waals surface area contributed by atoms with E-state index >= 15 is 0 Å². The van der Waals surface area contributed by atoms with Crippen molar-refractivity contribution >= 4 is 10.8 Å². The number of phenolic OH excluding ortho intramolecular Hbond substituents is 1. The number of aliphatic hydroxyl groups is 1. The van der Waals surface area contributed by atoms with Gasteiger partial charge in [-0.2, -0.15) is 0 Å². The molecule has 5 atom stereocenters. The number of hydrogen-bond acceptors (Lipinski definition) is 6. The Balaban J connectivity index is 1.33. The van der Waals surface area contributed by atoms with Crippen molar-refractivity contribution in [3.63, 3.8) is 0 Å². The number of piperidine rings is 1. The fraction of sp³-hybridized carbons (Fsp3) is 0.483. The van der Waals surface area contributed by atoms with Gasteiger partial charge >= 0.3 is 0 Å². The van der Waals surface area contributed by atoms with Gasteiger partial charge in [0.2, 0.25) is 5.88 Å². The molecule has 2 aliphatic heterocycles. The van der Waals surface area contributed by atoms with Crippen LogP contribution in [0.4, 0.5) is 0 Å². The van der Waals surface area contributed by atoms with Crippen molar-refractivity contribution in [2.24, 2.45) is 5.92 Å². The number of phenols is 1. The van der Waals surface area contributed by atoms with Crippen molar-refractivity contribution < 1.29 is 20.1 Å². The lowest BCUT2D eigenvalue weighted by Crippen LogP contribution is -2.76. The lowest BCUT2D eigenvalue weighted by atomic mass is 9.48. The highest BCUT2D eigenvalue weighted by atomic mass is 16.5. The molecular formula is C29H30N2O5. The normalized spacial score (nSPS) is 34.4. The van der Waals surface area contributed by atoms with E-state index in [1.54, 1.807) is 12.1 Å². The first kappa shape index (κ1) is 21.1. The molecule has 0 radical (unpaired) electrons. The van der Waals surface area contributed by atoms with Crippen LogP contribution in [0.5, 0.6) is 17.4 Å². The van der Waals surface area contributed by atoms with Gasteiger partial charge in [-0.3, -0.25) is 14.3 Å². The third-order valence-electron chi connectivity index (χ3n) is 10.0. The Morgan fingerprint density at radius 2 is 1.89 bits per heavy atom. The fourth-order valence-electron chi connectivity index (χ4n) is 8.30. The molecular weight excluding hydrogens is 456 g/mol. The second-order valence-electron chi connectivity index (χ2n) is 11.7. The predicted molar refractivity (Wildman–Crippen MR) is 134 cm³/mol. The summed E-state index contributed by atoms with van der Waals surface area (Å²) in [5.41, 5.74) is 0.00981. The van der Waals surface area contributed by atoms with E-state index in [2.05, 4.69) is 4.90 Å². The van der Waals surface area contributed by atoms with Gasteiger partial charge in [-0.1, -0.05) is 24.3 Å². The molecule has 0 unspecified atom stereocenters. The molecule has 2 bridgehead atoms. The van der Waals surface area contributed by atoms with Gasteiger partial charge in [-0.25, -0.2) is 0 Å². The number of ether oxygens (including phenoxy) is 1. The Hall–Kier alpha value is -3.03. The lowest BCUT2D eigenvalue weighted by Gasteiger charge is -2.64. The zero-order valence-electron chi connectivity index (χ0n) is 20.1. The quantitative estimate of drug-likeness (QED) is 0.526. The van der Waals surface area contributed by atoms with Gasteiger partial charge in [0, 0.05) is 29.6 Å². The fourth-order valence-corrected chi connectivity index (χ4v) is 8.30. The molecule has 186 valence electrons. The second kappa shape index (κ2) is 6.84. The zero-order chi connectivity index (χ0) is 24.4. The number of rotatable bonds is 3. The van der Waals surface area contributed by atoms with Gasteiger partial charge in [0.1, 0.15) is 6.10 Å². The van der Waals surface area contributed by atoms with Gasteiger partial charge in [-0.05, 0) is 74.1 Å². The third kappa shape index (κ3) is 2.43. The topological polar surface area (TPSA) is 95.2 Å². The Bertz CT molecular complexity index is 1490. The molecule has 3 N–H and O–H groups in total. The third-order valence-corrected chi connectivity index (χ3v) is 10.0. The van der Waals surface area contributed by atoms with E-state index < -0.39 is 23.2 Å². The van der Waals surface area contributed by atoms with Crippen LogP contribution in [0.1, 0.15) is 49.3 Å². The first-order valence-electron chi connectivity index (χ1n) is 13.2. The largest absolute Gasteiger partial charge is 0.504 e. The molecule has 1 saturated heterocycles. The average Bonchev–Trinajstić information content (AvgIpc) is 3.60. The number of aromatic hydroxyl groups is 2. The van der Waals surface area contributed by atoms with E-state index in [1.807, 2.05) is 30.3 Å². The Kier molecular flexibility index (Phi) is 4.01. The molecule has 7 heteroatoms. The minimum absolute atomic E-state index is 0.0242. The molecule has 3 aromatic rings. The molecule has 0 amide bonds. The number of benzene rings is 2. The standard InChI is InChI=1S/C29H30N2O5/c32-21-8-7-18-13-22-29(35)10-9-20(31-23(33)14-17-3-1-2-4-19(17)27(31)34)26-28(29,24(18)25(21)36-26)11-12-30(22)15-16-5-6-16/h1-4,7-8,14,16,20,22,26,32,34-35H,5-6,9-13,15H2/t20-,22-,26+,28+,29-/m1/s1. The summed E-state index contributed by atoms with van der Waals surface area (Å²) in [5, 5.41) is 36.1. The number of pyridine rings is 1. The summed E-state index contributed by atoms with van der Waals surface area (Å²) in [6.45, 7) is 1.87. The summed E-state index contributed by atoms with van der Waals surface area (Å²) in [4.78, 5) is 15.9. The summed E-state index contributed by atoms with van der Waals surface area (Å²) in [5.74, 6) is 1.18. The molecule has 1 aromatic heterocycles. The van der Waals surface area contributed by atoms with E-state index in [4.69, 9.17) is 4.74 Å². The number of aromatic nitrogens is 1. The lowest BCUT2D eigenvalue weighted by molar-refractivity contribution is -0.196. The number of nitrogens with zero attached hydrogens (tertiary/aromatic N) is 2. The maximum absolute atomic E-state index is 13.4. The van der Waals surface area contributed by atoms with Crippen LogP contribution in [0.25, 0.3) is 10.8 Å². The van der Waals surface area contributed by atoms with Crippen LogP contribution >= 0.6 is 0 Å². The van der Waals surface area contributed by atoms with Crippen molar-refractivity contribution in [3.8, 4) is 17.4 Å². The SMILES string of the molecule is O=c1cc2ccccc2c(O)n1[C@@H]1CC[C@@]2(O)[C@H]3Cc4ccc(O)c5c4[C@@]2(CCN3CC2CC2)[C@H]1O5. The molecule has 8 rings (SSSR count). The van der Waals surface area contributed by atoms with Crippen LogP contribution in [-0.2, 0) is 11.8 Å². The minimum Gasteiger partial charge on any atom is -0.504 e. The molecule has 3 heterocycles. The summed E-state index contributed by atoms with van der Waals surface area (Å²) >= 11 is 0. The molecule has 1 spiro atoms. The monoisotopic (exact) mass is 486 g/mol. The number of likely N-dealkylation sites (tertiary alicyclic amines) is 1. The predicted octanol–water partition coefficient (Wildman–Crippen LogP) is 3.22. The summed E-state index contributed by atoms with van der Waals surface area (Å²) < 4.78 is 8.07. The summed E-state index contributed by atoms with van der Waals surface area (Å²) in [6.07, 6.45) is 4.41. The molecule has 2 saturated carbocycles. The Morgan fingerprint density at radius 3 is 2.72 bits per heavy atom. The van der Waals surface area contributed by atoms with E-state index in [-0.39, 0.29) is 23.2 Å². The molecule has 36 heavy (non-hydrogen) atoms. The molecule has 5 aliphatic rings. The van der Waals surface area contributed by atoms with E-state index in [1.165, 1.54) is 17.4 Å². The smallest absolute Gasteiger partial charge is 0.254 e. The highest BCUT2D eigenvalue weighted by Gasteiger charge is 2.73. The van der Waals surface area contributed by atoms with Gasteiger partial charge in [0.15, 0.2) is 11.5 Å². The van der Waals surface area contributed by atoms with Crippen LogP contribution in [-0.4, -0.2) is 55.6 Å². The second-order valence-corrected chi connectivity index (χ2v) is 11.7. The van der Waals surface area contributed by atoms with Crippen molar-refractivity contribution in [2.75, 3.05) is 13.1 Å². The van der Waals surface area contributed by atoms with Crippen LogP contribution in [0.2, 0.25) is 0 Å². The van der Waals surface area contributed by atoms with Crippen LogP contribution in [0, 0.1) is 5.92 Å². The van der Waals surface area contributed by atoms with Gasteiger partial charge in [0.25, 0.3) is 5.56 Å².